The van der Waals surface area contributed by atoms with Gasteiger partial charge in [-0.05, 0) is 107 Å². The van der Waals surface area contributed by atoms with E-state index in [4.69, 9.17) is 20.9 Å². The van der Waals surface area contributed by atoms with Gasteiger partial charge in [0.1, 0.15) is 5.60 Å². The van der Waals surface area contributed by atoms with Gasteiger partial charge in [0.15, 0.2) is 5.76 Å². The predicted octanol–water partition coefficient (Wildman–Crippen LogP) is 7.04. The van der Waals surface area contributed by atoms with E-state index >= 15 is 0 Å². The molecule has 5 rings (SSSR count). The number of aliphatic imine (C=N–C) groups is 1. The van der Waals surface area contributed by atoms with E-state index in [2.05, 4.69) is 51.4 Å². The van der Waals surface area contributed by atoms with Crippen molar-refractivity contribution in [2.45, 2.75) is 111 Å². The molecular weight excluding hydrogens is 510 g/mol. The standard InChI is InChI=1S/C35H51N3O3/c1-21-23-11-12-26-33(8,24(23)19-25(39)28(21)40-29(38-10)41-30(3,4)5)14-13-27-34(26,9)18-17-32(7)16-15-31(6,22(2)36)20-35(27,32)37/h11-12,19,27H,2,13-18,20,36-37H2,1,3-10H3/t27?,31-,32?,33?,34?,35?/m1/s1. The van der Waals surface area contributed by atoms with Crippen LogP contribution in [0.2, 0.25) is 0 Å². The van der Waals surface area contributed by atoms with E-state index in [1.807, 2.05) is 27.7 Å². The maximum Gasteiger partial charge on any atom is 0.389 e. The number of carbonyl (C=O) groups is 1. The van der Waals surface area contributed by atoms with E-state index in [9.17, 15) is 4.79 Å². The van der Waals surface area contributed by atoms with E-state index in [0.29, 0.717) is 5.92 Å². The Balaban J connectivity index is 1.55. The van der Waals surface area contributed by atoms with Crippen molar-refractivity contribution in [2.75, 3.05) is 7.05 Å². The van der Waals surface area contributed by atoms with Gasteiger partial charge in [0.25, 0.3) is 0 Å². The summed E-state index contributed by atoms with van der Waals surface area (Å²) in [6.07, 6.45) is 13.6. The Labute approximate surface area is 247 Å². The molecule has 0 aromatic carbocycles. The zero-order valence-electron chi connectivity index (χ0n) is 26.8. The molecule has 6 nitrogen and oxygen atoms in total. The summed E-state index contributed by atoms with van der Waals surface area (Å²) in [4.78, 5) is 17.8. The lowest BCUT2D eigenvalue weighted by Gasteiger charge is -2.69. The third-order valence-electron chi connectivity index (χ3n) is 11.9. The summed E-state index contributed by atoms with van der Waals surface area (Å²) in [5.41, 5.74) is 18.0. The second kappa shape index (κ2) is 9.20. The zero-order chi connectivity index (χ0) is 30.4. The van der Waals surface area contributed by atoms with Crippen LogP contribution in [-0.2, 0) is 14.3 Å². The molecule has 0 heterocycles. The normalized spacial score (nSPS) is 40.7. The molecule has 3 fully saturated rings. The Morgan fingerprint density at radius 1 is 1.07 bits per heavy atom. The zero-order valence-corrected chi connectivity index (χ0v) is 26.8. The van der Waals surface area contributed by atoms with Gasteiger partial charge < -0.3 is 20.9 Å². The van der Waals surface area contributed by atoms with Crippen molar-refractivity contribution in [1.29, 1.82) is 0 Å². The van der Waals surface area contributed by atoms with Crippen LogP contribution in [0.4, 0.5) is 0 Å². The molecule has 0 amide bonds. The fourth-order valence-electron chi connectivity index (χ4n) is 9.15. The summed E-state index contributed by atoms with van der Waals surface area (Å²) in [5, 5.41) is 0. The van der Waals surface area contributed by atoms with Crippen molar-refractivity contribution in [3.63, 3.8) is 0 Å². The average molecular weight is 562 g/mol. The van der Waals surface area contributed by atoms with Crippen LogP contribution in [0.5, 0.6) is 0 Å². The summed E-state index contributed by atoms with van der Waals surface area (Å²) in [6.45, 7) is 21.4. The highest BCUT2D eigenvalue weighted by molar-refractivity contribution is 6.08. The van der Waals surface area contributed by atoms with Crippen molar-refractivity contribution in [3.8, 4) is 0 Å². The minimum Gasteiger partial charge on any atom is -0.445 e. The van der Waals surface area contributed by atoms with E-state index in [1.165, 1.54) is 5.57 Å². The summed E-state index contributed by atoms with van der Waals surface area (Å²) in [7, 11) is 1.61. The highest BCUT2D eigenvalue weighted by atomic mass is 16.7. The number of rotatable bonds is 2. The molecule has 5 unspecified atom stereocenters. The SMILES string of the molecule is C=C(N)[C@]1(C)CCC2(C)CCC3(C)C4=CC=C5C(=CC(=O)C(OC(=NC)OC(C)(C)C)=C5C)C4(C)CCC3C2(N)C1. The highest BCUT2D eigenvalue weighted by Crippen LogP contribution is 2.71. The monoisotopic (exact) mass is 561 g/mol. The second-order valence-corrected chi connectivity index (χ2v) is 15.5. The molecule has 6 atom stereocenters. The Bertz CT molecular complexity index is 1360. The Hall–Kier alpha value is -2.60. The van der Waals surface area contributed by atoms with Crippen molar-refractivity contribution < 1.29 is 14.3 Å². The van der Waals surface area contributed by atoms with Crippen LogP contribution < -0.4 is 11.5 Å². The molecule has 41 heavy (non-hydrogen) atoms. The van der Waals surface area contributed by atoms with Crippen LogP contribution in [0.3, 0.4) is 0 Å². The van der Waals surface area contributed by atoms with Gasteiger partial charge in [0, 0.05) is 34.7 Å². The lowest BCUT2D eigenvalue weighted by atomic mass is 9.37. The predicted molar refractivity (Wildman–Crippen MR) is 166 cm³/mol. The number of nitrogens with two attached hydrogens (primary N) is 2. The van der Waals surface area contributed by atoms with Gasteiger partial charge in [-0.3, -0.25) is 4.79 Å². The quantitative estimate of drug-likeness (QED) is 0.278. The van der Waals surface area contributed by atoms with Gasteiger partial charge in [-0.2, -0.15) is 0 Å². The molecule has 0 bridgehead atoms. The molecule has 5 aliphatic carbocycles. The molecule has 0 aliphatic heterocycles. The van der Waals surface area contributed by atoms with E-state index < -0.39 is 5.60 Å². The fraction of sp³-hybridized carbons (Fsp3) is 0.657. The second-order valence-electron chi connectivity index (χ2n) is 15.5. The molecule has 0 aromatic rings. The molecule has 4 N–H and O–H groups in total. The fourth-order valence-corrected chi connectivity index (χ4v) is 9.15. The van der Waals surface area contributed by atoms with E-state index in [0.717, 1.165) is 67.4 Å². The van der Waals surface area contributed by atoms with Crippen LogP contribution in [0.15, 0.2) is 63.5 Å². The summed E-state index contributed by atoms with van der Waals surface area (Å²) >= 11 is 0. The van der Waals surface area contributed by atoms with Crippen molar-refractivity contribution in [1.82, 2.24) is 0 Å². The molecule has 0 saturated heterocycles. The lowest BCUT2D eigenvalue weighted by molar-refractivity contribution is -0.117. The largest absolute Gasteiger partial charge is 0.445 e. The Morgan fingerprint density at radius 2 is 1.73 bits per heavy atom. The minimum absolute atomic E-state index is 0.0711. The van der Waals surface area contributed by atoms with E-state index in [1.54, 1.807) is 13.1 Å². The van der Waals surface area contributed by atoms with Crippen LogP contribution in [-0.4, -0.2) is 30.1 Å². The van der Waals surface area contributed by atoms with Gasteiger partial charge in [0.2, 0.25) is 5.78 Å². The lowest BCUT2D eigenvalue weighted by Crippen LogP contribution is -2.71. The number of fused-ring (bicyclic) bond motifs is 7. The number of carbonyl (C=O) groups excluding carboxylic acids is 1. The minimum atomic E-state index is -0.491. The molecule has 3 saturated carbocycles. The number of hydrogen-bond donors (Lipinski definition) is 2. The topological polar surface area (TPSA) is 99.9 Å². The highest BCUT2D eigenvalue weighted by Gasteiger charge is 2.67. The molecule has 224 valence electrons. The Morgan fingerprint density at radius 3 is 2.34 bits per heavy atom. The number of ether oxygens (including phenoxy) is 2. The third kappa shape index (κ3) is 4.30. The number of ketones is 1. The molecule has 6 heteroatoms. The summed E-state index contributed by atoms with van der Waals surface area (Å²) in [5.74, 6) is 0.470. The molecular formula is C35H51N3O3. The first kappa shape index (κ1) is 29.9. The maximum atomic E-state index is 13.6. The van der Waals surface area contributed by atoms with Crippen molar-refractivity contribution >= 4 is 11.9 Å². The first-order chi connectivity index (χ1) is 18.8. The van der Waals surface area contributed by atoms with Crippen LogP contribution in [0.1, 0.15) is 100 Å². The van der Waals surface area contributed by atoms with Crippen LogP contribution in [0.25, 0.3) is 0 Å². The van der Waals surface area contributed by atoms with Crippen molar-refractivity contribution in [3.05, 3.63) is 58.6 Å². The average Bonchev–Trinajstić information content (AvgIpc) is 2.86. The van der Waals surface area contributed by atoms with E-state index in [-0.39, 0.29) is 44.8 Å². The maximum absolute atomic E-state index is 13.6. The molecule has 0 radical (unpaired) electrons. The van der Waals surface area contributed by atoms with Crippen LogP contribution >= 0.6 is 0 Å². The Kier molecular flexibility index (Phi) is 6.70. The first-order valence-corrected chi connectivity index (χ1v) is 15.3. The number of hydrogen-bond acceptors (Lipinski definition) is 6. The number of allylic oxidation sites excluding steroid dienone is 8. The van der Waals surface area contributed by atoms with Gasteiger partial charge in [-0.25, -0.2) is 4.99 Å². The first-order valence-electron chi connectivity index (χ1n) is 15.3. The van der Waals surface area contributed by atoms with Gasteiger partial charge in [-0.15, -0.1) is 0 Å². The molecule has 5 aliphatic rings. The van der Waals surface area contributed by atoms with Gasteiger partial charge >= 0.3 is 6.08 Å². The van der Waals surface area contributed by atoms with Gasteiger partial charge in [0.05, 0.1) is 0 Å². The summed E-state index contributed by atoms with van der Waals surface area (Å²) < 4.78 is 11.9. The third-order valence-corrected chi connectivity index (χ3v) is 11.9. The summed E-state index contributed by atoms with van der Waals surface area (Å²) in [6, 6.07) is 0. The van der Waals surface area contributed by atoms with Crippen LogP contribution in [0, 0.1) is 27.6 Å². The van der Waals surface area contributed by atoms with Gasteiger partial charge in [-0.1, -0.05) is 52.0 Å². The molecule has 0 spiro atoms. The smallest absolute Gasteiger partial charge is 0.389 e. The van der Waals surface area contributed by atoms with Crippen molar-refractivity contribution in [2.24, 2.45) is 44.0 Å². The number of nitrogens with zero attached hydrogens (tertiary/aromatic N) is 1. The molecule has 0 aromatic heterocycles.